The Morgan fingerprint density at radius 2 is 2.20 bits per heavy atom. The summed E-state index contributed by atoms with van der Waals surface area (Å²) in [5, 5.41) is 1.79. The van der Waals surface area contributed by atoms with Crippen LogP contribution in [0.25, 0.3) is 0 Å². The number of likely N-dealkylation sites (tertiary alicyclic amines) is 1. The fourth-order valence-corrected chi connectivity index (χ4v) is 4.07. The summed E-state index contributed by atoms with van der Waals surface area (Å²) >= 11 is 1.44. The summed E-state index contributed by atoms with van der Waals surface area (Å²) in [6.45, 7) is 2.66. The van der Waals surface area contributed by atoms with Gasteiger partial charge in [-0.1, -0.05) is 0 Å². The van der Waals surface area contributed by atoms with Crippen LogP contribution in [0.5, 0.6) is 6.01 Å². The Balaban J connectivity index is 1.25. The van der Waals surface area contributed by atoms with Gasteiger partial charge in [-0.15, -0.1) is 11.3 Å². The summed E-state index contributed by atoms with van der Waals surface area (Å²) in [6.07, 6.45) is 6.29. The van der Waals surface area contributed by atoms with Crippen molar-refractivity contribution in [1.29, 1.82) is 0 Å². The third-order valence-electron chi connectivity index (χ3n) is 4.79. The molecule has 25 heavy (non-hydrogen) atoms. The number of carbonyl (C=O) groups is 1. The molecule has 4 rings (SSSR count). The van der Waals surface area contributed by atoms with Gasteiger partial charge in [-0.2, -0.15) is 0 Å². The molecule has 2 aromatic rings. The molecule has 2 saturated heterocycles. The minimum atomic E-state index is -0.183. The average molecular weight is 360 g/mol. The van der Waals surface area contributed by atoms with E-state index in [9.17, 15) is 4.79 Å². The molecule has 0 radical (unpaired) electrons. The first kappa shape index (κ1) is 16.4. The van der Waals surface area contributed by atoms with Crippen LogP contribution in [-0.4, -0.2) is 57.7 Å². The largest absolute Gasteiger partial charge is 0.463 e. The van der Waals surface area contributed by atoms with Crippen LogP contribution in [0, 0.1) is 5.92 Å². The number of hydrogen-bond acceptors (Lipinski definition) is 7. The Bertz CT molecular complexity index is 704. The third-order valence-corrected chi connectivity index (χ3v) is 5.38. The van der Waals surface area contributed by atoms with E-state index in [0.717, 1.165) is 25.9 Å². The topological polar surface area (TPSA) is 77.4 Å². The first-order valence-corrected chi connectivity index (χ1v) is 9.40. The summed E-state index contributed by atoms with van der Waals surface area (Å²) in [5.74, 6) is 0.538. The van der Waals surface area contributed by atoms with Gasteiger partial charge in [-0.05, 0) is 31.2 Å². The van der Waals surface area contributed by atoms with Gasteiger partial charge in [0.1, 0.15) is 11.3 Å². The molecule has 1 spiro atoms. The minimum Gasteiger partial charge on any atom is -0.463 e. The van der Waals surface area contributed by atoms with Crippen molar-refractivity contribution in [1.82, 2.24) is 19.9 Å². The standard InChI is InChI=1S/C17H20N4O3S/c22-15(14-9-25-12-20-14)21-10-17(11-21)8-13(3-7-24-17)2-6-23-16-18-4-1-5-19-16/h1,4-5,9,12-13H,2-3,6-8,10-11H2. The first-order chi connectivity index (χ1) is 12.2. The second-order valence-electron chi connectivity index (χ2n) is 6.59. The lowest BCUT2D eigenvalue weighted by atomic mass is 9.79. The van der Waals surface area contributed by atoms with Crippen molar-refractivity contribution in [2.75, 3.05) is 26.3 Å². The molecular formula is C17H20N4O3S. The molecular weight excluding hydrogens is 340 g/mol. The van der Waals surface area contributed by atoms with E-state index in [1.807, 2.05) is 4.90 Å². The number of aromatic nitrogens is 3. The van der Waals surface area contributed by atoms with E-state index in [-0.39, 0.29) is 11.5 Å². The molecule has 7 nitrogen and oxygen atoms in total. The fraction of sp³-hybridized carbons (Fsp3) is 0.529. The van der Waals surface area contributed by atoms with E-state index >= 15 is 0 Å². The molecule has 1 amide bonds. The van der Waals surface area contributed by atoms with Gasteiger partial charge in [0, 0.05) is 24.4 Å². The van der Waals surface area contributed by atoms with E-state index in [2.05, 4.69) is 15.0 Å². The maximum atomic E-state index is 12.3. The summed E-state index contributed by atoms with van der Waals surface area (Å²) in [4.78, 5) is 26.4. The van der Waals surface area contributed by atoms with Crippen molar-refractivity contribution in [2.24, 2.45) is 5.92 Å². The first-order valence-electron chi connectivity index (χ1n) is 8.45. The van der Waals surface area contributed by atoms with Gasteiger partial charge in [0.2, 0.25) is 0 Å². The van der Waals surface area contributed by atoms with Crippen LogP contribution in [0.1, 0.15) is 29.8 Å². The van der Waals surface area contributed by atoms with Crippen molar-refractivity contribution >= 4 is 17.2 Å². The minimum absolute atomic E-state index is 0.00200. The predicted molar refractivity (Wildman–Crippen MR) is 91.6 cm³/mol. The quantitative estimate of drug-likeness (QED) is 0.812. The molecule has 0 aliphatic carbocycles. The summed E-state index contributed by atoms with van der Waals surface area (Å²) in [5.41, 5.74) is 2.04. The Morgan fingerprint density at radius 3 is 2.96 bits per heavy atom. The van der Waals surface area contributed by atoms with Crippen LogP contribution in [0.3, 0.4) is 0 Å². The zero-order chi connectivity index (χ0) is 17.1. The highest BCUT2D eigenvalue weighted by molar-refractivity contribution is 7.07. The van der Waals surface area contributed by atoms with E-state index in [1.54, 1.807) is 29.4 Å². The van der Waals surface area contributed by atoms with Crippen molar-refractivity contribution in [3.8, 4) is 6.01 Å². The molecule has 0 saturated carbocycles. The van der Waals surface area contributed by atoms with Crippen molar-refractivity contribution in [2.45, 2.75) is 24.9 Å². The smallest absolute Gasteiger partial charge is 0.316 e. The van der Waals surface area contributed by atoms with Crippen LogP contribution in [-0.2, 0) is 4.74 Å². The van der Waals surface area contributed by atoms with Crippen molar-refractivity contribution in [3.05, 3.63) is 35.0 Å². The Hall–Kier alpha value is -2.06. The van der Waals surface area contributed by atoms with Gasteiger partial charge in [0.25, 0.3) is 5.91 Å². The molecule has 4 heterocycles. The van der Waals surface area contributed by atoms with E-state index in [0.29, 0.717) is 37.3 Å². The SMILES string of the molecule is O=C(c1cscn1)N1CC2(CC(CCOc3ncccn3)CCO2)C1. The van der Waals surface area contributed by atoms with Crippen LogP contribution < -0.4 is 4.74 Å². The van der Waals surface area contributed by atoms with E-state index in [4.69, 9.17) is 9.47 Å². The molecule has 0 bridgehead atoms. The number of ether oxygens (including phenoxy) is 2. The lowest BCUT2D eigenvalue weighted by Crippen LogP contribution is -2.66. The number of thiazole rings is 1. The van der Waals surface area contributed by atoms with Gasteiger partial charge in [0.05, 0.1) is 25.2 Å². The number of nitrogens with zero attached hydrogens (tertiary/aromatic N) is 4. The molecule has 0 N–H and O–H groups in total. The molecule has 2 aromatic heterocycles. The Kier molecular flexibility index (Phi) is 4.63. The van der Waals surface area contributed by atoms with Crippen LogP contribution in [0.2, 0.25) is 0 Å². The van der Waals surface area contributed by atoms with Crippen molar-refractivity contribution < 1.29 is 14.3 Å². The highest BCUT2D eigenvalue weighted by atomic mass is 32.1. The van der Waals surface area contributed by atoms with Gasteiger partial charge in [-0.25, -0.2) is 15.0 Å². The zero-order valence-electron chi connectivity index (χ0n) is 13.8. The van der Waals surface area contributed by atoms with Gasteiger partial charge in [-0.3, -0.25) is 4.79 Å². The Morgan fingerprint density at radius 1 is 1.36 bits per heavy atom. The lowest BCUT2D eigenvalue weighted by molar-refractivity contribution is -0.166. The molecule has 8 heteroatoms. The number of hydrogen-bond donors (Lipinski definition) is 0. The maximum Gasteiger partial charge on any atom is 0.316 e. The molecule has 1 unspecified atom stereocenters. The normalized spacial score (nSPS) is 21.8. The second kappa shape index (κ2) is 7.05. The summed E-state index contributed by atoms with van der Waals surface area (Å²) in [7, 11) is 0. The van der Waals surface area contributed by atoms with E-state index < -0.39 is 0 Å². The van der Waals surface area contributed by atoms with Gasteiger partial charge in [0.15, 0.2) is 0 Å². The monoisotopic (exact) mass is 360 g/mol. The highest BCUT2D eigenvalue weighted by Crippen LogP contribution is 2.38. The second-order valence-corrected chi connectivity index (χ2v) is 7.31. The highest BCUT2D eigenvalue weighted by Gasteiger charge is 2.49. The van der Waals surface area contributed by atoms with E-state index in [1.165, 1.54) is 11.3 Å². The molecule has 2 aliphatic heterocycles. The van der Waals surface area contributed by atoms with Crippen molar-refractivity contribution in [3.63, 3.8) is 0 Å². The lowest BCUT2D eigenvalue weighted by Gasteiger charge is -2.53. The van der Waals surface area contributed by atoms with Crippen LogP contribution in [0.15, 0.2) is 29.4 Å². The Labute approximate surface area is 150 Å². The number of carbonyl (C=O) groups excluding carboxylic acids is 1. The fourth-order valence-electron chi connectivity index (χ4n) is 3.55. The summed E-state index contributed by atoms with van der Waals surface area (Å²) < 4.78 is 11.6. The van der Waals surface area contributed by atoms with Crippen LogP contribution in [0.4, 0.5) is 0 Å². The molecule has 132 valence electrons. The molecule has 2 aliphatic rings. The zero-order valence-corrected chi connectivity index (χ0v) is 14.7. The third kappa shape index (κ3) is 3.64. The van der Waals surface area contributed by atoms with Gasteiger partial charge >= 0.3 is 6.01 Å². The van der Waals surface area contributed by atoms with Gasteiger partial charge < -0.3 is 14.4 Å². The van der Waals surface area contributed by atoms with Crippen LogP contribution >= 0.6 is 11.3 Å². The molecule has 1 atom stereocenters. The maximum absolute atomic E-state index is 12.3. The number of rotatable bonds is 5. The molecule has 2 fully saturated rings. The number of amides is 1. The average Bonchev–Trinajstić information content (AvgIpc) is 3.15. The summed E-state index contributed by atoms with van der Waals surface area (Å²) in [6, 6.07) is 2.19. The predicted octanol–water partition coefficient (Wildman–Crippen LogP) is 2.02. The molecule has 0 aromatic carbocycles.